The third kappa shape index (κ3) is 2.48. The highest BCUT2D eigenvalue weighted by Gasteiger charge is 2.03. The molecule has 3 heteroatoms. The molecule has 0 amide bonds. The van der Waals surface area contributed by atoms with Crippen molar-refractivity contribution in [3.8, 4) is 5.75 Å². The predicted molar refractivity (Wildman–Crippen MR) is 70.4 cm³/mol. The molecule has 0 unspecified atom stereocenters. The second kappa shape index (κ2) is 5.02. The first-order chi connectivity index (χ1) is 8.22. The molecule has 86 valence electrons. The van der Waals surface area contributed by atoms with E-state index in [9.17, 15) is 4.79 Å². The summed E-state index contributed by atoms with van der Waals surface area (Å²) >= 11 is 5.29. The fourth-order valence-corrected chi connectivity index (χ4v) is 1.84. The van der Waals surface area contributed by atoms with Crippen LogP contribution in [0.5, 0.6) is 5.75 Å². The fraction of sp³-hybridized carbons (Fsp3) is 0.0714. The molecule has 0 bridgehead atoms. The van der Waals surface area contributed by atoms with E-state index in [1.165, 1.54) is 6.08 Å². The molecular formula is C14H11ClO2. The van der Waals surface area contributed by atoms with Gasteiger partial charge in [0.2, 0.25) is 5.24 Å². The lowest BCUT2D eigenvalue weighted by atomic mass is 10.0. The Kier molecular flexibility index (Phi) is 3.45. The van der Waals surface area contributed by atoms with Gasteiger partial charge in [-0.3, -0.25) is 4.79 Å². The number of halogens is 1. The Bertz CT molecular complexity index is 588. The van der Waals surface area contributed by atoms with E-state index in [1.807, 2.05) is 36.4 Å². The standard InChI is InChI=1S/C14H11ClO2/c1-17-13-8-6-10(7-9-14(15)16)11-4-2-3-5-12(11)13/h2-9H,1H3. The van der Waals surface area contributed by atoms with Gasteiger partial charge in [-0.1, -0.05) is 30.3 Å². The Balaban J connectivity index is 2.62. The summed E-state index contributed by atoms with van der Waals surface area (Å²) in [6.07, 6.45) is 3.05. The van der Waals surface area contributed by atoms with E-state index in [-0.39, 0.29) is 0 Å². The van der Waals surface area contributed by atoms with E-state index in [0.717, 1.165) is 22.1 Å². The van der Waals surface area contributed by atoms with E-state index in [4.69, 9.17) is 16.3 Å². The maximum atomic E-state index is 10.7. The van der Waals surface area contributed by atoms with Crippen molar-refractivity contribution in [3.05, 3.63) is 48.0 Å². The summed E-state index contributed by atoms with van der Waals surface area (Å²) in [7, 11) is 1.64. The lowest BCUT2D eigenvalue weighted by Crippen LogP contribution is -1.87. The van der Waals surface area contributed by atoms with Crippen LogP contribution in [0, 0.1) is 0 Å². The van der Waals surface area contributed by atoms with E-state index >= 15 is 0 Å². The number of rotatable bonds is 3. The summed E-state index contributed by atoms with van der Waals surface area (Å²) in [4.78, 5) is 10.7. The summed E-state index contributed by atoms with van der Waals surface area (Å²) in [6, 6.07) is 11.6. The highest BCUT2D eigenvalue weighted by atomic mass is 35.5. The Morgan fingerprint density at radius 3 is 2.53 bits per heavy atom. The molecule has 17 heavy (non-hydrogen) atoms. The van der Waals surface area contributed by atoms with E-state index < -0.39 is 5.24 Å². The monoisotopic (exact) mass is 246 g/mol. The normalized spacial score (nSPS) is 10.9. The molecule has 0 spiro atoms. The molecule has 2 aromatic carbocycles. The molecule has 0 saturated carbocycles. The number of methoxy groups -OCH3 is 1. The number of hydrogen-bond donors (Lipinski definition) is 0. The lowest BCUT2D eigenvalue weighted by molar-refractivity contribution is -0.107. The van der Waals surface area contributed by atoms with Crippen LogP contribution in [-0.4, -0.2) is 12.4 Å². The van der Waals surface area contributed by atoms with Gasteiger partial charge in [-0.05, 0) is 40.8 Å². The molecule has 0 heterocycles. The van der Waals surface area contributed by atoms with Crippen LogP contribution in [0.15, 0.2) is 42.5 Å². The Morgan fingerprint density at radius 1 is 1.18 bits per heavy atom. The van der Waals surface area contributed by atoms with Gasteiger partial charge in [0.05, 0.1) is 7.11 Å². The van der Waals surface area contributed by atoms with Gasteiger partial charge in [0.1, 0.15) is 5.75 Å². The molecule has 0 aliphatic heterocycles. The summed E-state index contributed by atoms with van der Waals surface area (Å²) < 4.78 is 5.29. The zero-order chi connectivity index (χ0) is 12.3. The highest BCUT2D eigenvalue weighted by molar-refractivity contribution is 6.66. The minimum absolute atomic E-state index is 0.482. The number of benzene rings is 2. The number of fused-ring (bicyclic) bond motifs is 1. The van der Waals surface area contributed by atoms with Crippen LogP contribution in [0.4, 0.5) is 0 Å². The van der Waals surface area contributed by atoms with E-state index in [2.05, 4.69) is 0 Å². The summed E-state index contributed by atoms with van der Waals surface area (Å²) in [5.41, 5.74) is 0.940. The van der Waals surface area contributed by atoms with Gasteiger partial charge < -0.3 is 4.74 Å². The fourth-order valence-electron chi connectivity index (χ4n) is 1.77. The third-order valence-corrected chi connectivity index (χ3v) is 2.66. The smallest absolute Gasteiger partial charge is 0.245 e. The Hall–Kier alpha value is -1.80. The zero-order valence-corrected chi connectivity index (χ0v) is 10.1. The van der Waals surface area contributed by atoms with Crippen molar-refractivity contribution >= 4 is 33.7 Å². The van der Waals surface area contributed by atoms with Crippen molar-refractivity contribution in [1.82, 2.24) is 0 Å². The van der Waals surface area contributed by atoms with Gasteiger partial charge in [0.25, 0.3) is 0 Å². The second-order valence-corrected chi connectivity index (χ2v) is 3.91. The van der Waals surface area contributed by atoms with Crippen LogP contribution in [0.3, 0.4) is 0 Å². The van der Waals surface area contributed by atoms with Gasteiger partial charge in [-0.2, -0.15) is 0 Å². The van der Waals surface area contributed by atoms with Crippen molar-refractivity contribution in [2.75, 3.05) is 7.11 Å². The molecule has 0 aliphatic rings. The molecule has 2 nitrogen and oxygen atoms in total. The van der Waals surface area contributed by atoms with Crippen LogP contribution in [0.2, 0.25) is 0 Å². The summed E-state index contributed by atoms with van der Waals surface area (Å²) in [5.74, 6) is 0.815. The number of allylic oxidation sites excluding steroid dienone is 1. The van der Waals surface area contributed by atoms with Crippen LogP contribution in [0.25, 0.3) is 16.8 Å². The minimum atomic E-state index is -0.482. The topological polar surface area (TPSA) is 26.3 Å². The van der Waals surface area contributed by atoms with Gasteiger partial charge in [0.15, 0.2) is 0 Å². The van der Waals surface area contributed by atoms with Crippen LogP contribution < -0.4 is 4.74 Å². The predicted octanol–water partition coefficient (Wildman–Crippen LogP) is 3.63. The number of carbonyl (C=O) groups excluding carboxylic acids is 1. The summed E-state index contributed by atoms with van der Waals surface area (Å²) in [5, 5.41) is 1.56. The molecular weight excluding hydrogens is 236 g/mol. The quantitative estimate of drug-likeness (QED) is 0.611. The van der Waals surface area contributed by atoms with Crippen molar-refractivity contribution in [2.45, 2.75) is 0 Å². The first kappa shape index (κ1) is 11.7. The Labute approximate surface area is 104 Å². The lowest BCUT2D eigenvalue weighted by Gasteiger charge is -2.07. The van der Waals surface area contributed by atoms with Crippen molar-refractivity contribution < 1.29 is 9.53 Å². The third-order valence-electron chi connectivity index (χ3n) is 2.53. The number of hydrogen-bond acceptors (Lipinski definition) is 2. The van der Waals surface area contributed by atoms with Crippen molar-refractivity contribution in [3.63, 3.8) is 0 Å². The first-order valence-electron chi connectivity index (χ1n) is 5.15. The van der Waals surface area contributed by atoms with Crippen molar-refractivity contribution in [2.24, 2.45) is 0 Å². The van der Waals surface area contributed by atoms with Crippen LogP contribution in [0.1, 0.15) is 5.56 Å². The van der Waals surface area contributed by atoms with Gasteiger partial charge in [0, 0.05) is 5.39 Å². The molecule has 0 fully saturated rings. The molecule has 0 aliphatic carbocycles. The number of carbonyl (C=O) groups is 1. The first-order valence-corrected chi connectivity index (χ1v) is 5.53. The van der Waals surface area contributed by atoms with Gasteiger partial charge in [-0.15, -0.1) is 0 Å². The average Bonchev–Trinajstić information content (AvgIpc) is 2.35. The maximum Gasteiger partial charge on any atom is 0.245 e. The molecule has 0 atom stereocenters. The molecule has 0 saturated heterocycles. The number of ether oxygens (including phenoxy) is 1. The van der Waals surface area contributed by atoms with Gasteiger partial charge >= 0.3 is 0 Å². The van der Waals surface area contributed by atoms with Crippen LogP contribution in [-0.2, 0) is 4.79 Å². The summed E-state index contributed by atoms with van der Waals surface area (Å²) in [6.45, 7) is 0. The Morgan fingerprint density at radius 2 is 1.88 bits per heavy atom. The largest absolute Gasteiger partial charge is 0.496 e. The minimum Gasteiger partial charge on any atom is -0.496 e. The zero-order valence-electron chi connectivity index (χ0n) is 9.31. The van der Waals surface area contributed by atoms with E-state index in [1.54, 1.807) is 13.2 Å². The van der Waals surface area contributed by atoms with E-state index in [0.29, 0.717) is 0 Å². The van der Waals surface area contributed by atoms with Crippen molar-refractivity contribution in [1.29, 1.82) is 0 Å². The SMILES string of the molecule is COc1ccc(C=CC(=O)Cl)c2ccccc12. The molecule has 2 aromatic rings. The van der Waals surface area contributed by atoms with Gasteiger partial charge in [-0.25, -0.2) is 0 Å². The highest BCUT2D eigenvalue weighted by Crippen LogP contribution is 2.28. The molecule has 2 rings (SSSR count). The molecule has 0 aromatic heterocycles. The maximum absolute atomic E-state index is 10.7. The van der Waals surface area contributed by atoms with Crippen LogP contribution >= 0.6 is 11.6 Å². The second-order valence-electron chi connectivity index (χ2n) is 3.54. The average molecular weight is 247 g/mol. The molecule has 0 N–H and O–H groups in total. The molecule has 0 radical (unpaired) electrons.